The lowest BCUT2D eigenvalue weighted by molar-refractivity contribution is 0.0915. The van der Waals surface area contributed by atoms with Crippen molar-refractivity contribution in [2.75, 3.05) is 26.7 Å². The van der Waals surface area contributed by atoms with E-state index in [0.29, 0.717) is 18.0 Å². The molecule has 2 aliphatic rings. The van der Waals surface area contributed by atoms with Gasteiger partial charge in [-0.15, -0.1) is 0 Å². The Morgan fingerprint density at radius 3 is 2.53 bits per heavy atom. The second-order valence-corrected chi connectivity index (χ2v) is 9.36. The molecule has 0 spiro atoms. The number of nitrogens with one attached hydrogen (secondary N) is 1. The molecule has 0 saturated carbocycles. The predicted molar refractivity (Wildman–Crippen MR) is 132 cm³/mol. The third-order valence-corrected chi connectivity index (χ3v) is 7.16. The van der Waals surface area contributed by atoms with E-state index in [1.165, 1.54) is 48.8 Å². The van der Waals surface area contributed by atoms with Gasteiger partial charge in [0.2, 0.25) is 0 Å². The number of benzene rings is 2. The molecule has 34 heavy (non-hydrogen) atoms. The van der Waals surface area contributed by atoms with E-state index in [-0.39, 0.29) is 11.9 Å². The van der Waals surface area contributed by atoms with E-state index >= 15 is 0 Å². The van der Waals surface area contributed by atoms with Gasteiger partial charge in [0.1, 0.15) is 5.75 Å². The summed E-state index contributed by atoms with van der Waals surface area (Å²) in [5, 5.41) is 7.18. The van der Waals surface area contributed by atoms with Crippen LogP contribution in [0.1, 0.15) is 65.3 Å². The summed E-state index contributed by atoms with van der Waals surface area (Å²) in [5.41, 5.74) is 5.29. The van der Waals surface area contributed by atoms with E-state index in [9.17, 15) is 4.79 Å². The Bertz CT molecular complexity index is 1120. The van der Waals surface area contributed by atoms with Crippen molar-refractivity contribution < 1.29 is 14.1 Å². The zero-order chi connectivity index (χ0) is 23.3. The molecule has 1 aliphatic carbocycles. The van der Waals surface area contributed by atoms with Crippen LogP contribution < -0.4 is 10.1 Å². The number of carbonyl (C=O) groups is 1. The molecule has 1 saturated heterocycles. The van der Waals surface area contributed by atoms with Gasteiger partial charge >= 0.3 is 0 Å². The van der Waals surface area contributed by atoms with E-state index in [0.717, 1.165) is 37.2 Å². The fourth-order valence-electron chi connectivity index (χ4n) is 5.20. The second kappa shape index (κ2) is 10.4. The van der Waals surface area contributed by atoms with E-state index in [1.54, 1.807) is 13.2 Å². The van der Waals surface area contributed by atoms with Gasteiger partial charge in [0.25, 0.3) is 5.91 Å². The van der Waals surface area contributed by atoms with E-state index in [2.05, 4.69) is 45.7 Å². The molecule has 1 atom stereocenters. The maximum absolute atomic E-state index is 13.0. The number of nitrogens with zero attached hydrogens (tertiary/aromatic N) is 2. The highest BCUT2D eigenvalue weighted by Gasteiger charge is 2.24. The van der Waals surface area contributed by atoms with E-state index in [4.69, 9.17) is 9.26 Å². The highest BCUT2D eigenvalue weighted by molar-refractivity contribution is 5.93. The fourth-order valence-corrected chi connectivity index (χ4v) is 5.20. The van der Waals surface area contributed by atoms with Crippen molar-refractivity contribution in [1.29, 1.82) is 0 Å². The normalized spacial score (nSPS) is 17.1. The van der Waals surface area contributed by atoms with Crippen molar-refractivity contribution in [3.8, 4) is 17.1 Å². The van der Waals surface area contributed by atoms with Gasteiger partial charge in [0.05, 0.1) is 13.2 Å². The Hall–Kier alpha value is -3.12. The van der Waals surface area contributed by atoms with Crippen LogP contribution in [0.5, 0.6) is 5.75 Å². The number of hydrogen-bond acceptors (Lipinski definition) is 5. The molecule has 1 aromatic heterocycles. The number of fused-ring (bicyclic) bond motifs is 1. The number of methoxy groups -OCH3 is 1. The Morgan fingerprint density at radius 2 is 1.76 bits per heavy atom. The first-order chi connectivity index (χ1) is 16.7. The van der Waals surface area contributed by atoms with Gasteiger partial charge in [-0.1, -0.05) is 35.8 Å². The van der Waals surface area contributed by atoms with Crippen LogP contribution in [0, 0.1) is 0 Å². The van der Waals surface area contributed by atoms with Crippen molar-refractivity contribution >= 4 is 5.91 Å². The minimum atomic E-state index is -0.205. The van der Waals surface area contributed by atoms with Crippen LogP contribution >= 0.6 is 0 Å². The quantitative estimate of drug-likeness (QED) is 0.527. The Labute approximate surface area is 201 Å². The van der Waals surface area contributed by atoms with Crippen LogP contribution in [-0.4, -0.2) is 42.7 Å². The van der Waals surface area contributed by atoms with Crippen LogP contribution in [0.15, 0.2) is 53.1 Å². The molecule has 6 heteroatoms. The maximum Gasteiger partial charge on any atom is 0.273 e. The summed E-state index contributed by atoms with van der Waals surface area (Å²) in [6, 6.07) is 16.5. The minimum Gasteiger partial charge on any atom is -0.497 e. The van der Waals surface area contributed by atoms with Gasteiger partial charge in [0.15, 0.2) is 11.5 Å². The first-order valence-electron chi connectivity index (χ1n) is 12.5. The number of aryl methyl sites for hydroxylation is 2. The van der Waals surface area contributed by atoms with Crippen LogP contribution in [0.4, 0.5) is 0 Å². The third kappa shape index (κ3) is 5.02. The van der Waals surface area contributed by atoms with Crippen LogP contribution in [-0.2, 0) is 12.8 Å². The van der Waals surface area contributed by atoms with Crippen molar-refractivity contribution in [2.24, 2.45) is 0 Å². The van der Waals surface area contributed by atoms with Crippen LogP contribution in [0.25, 0.3) is 11.3 Å². The zero-order valence-corrected chi connectivity index (χ0v) is 19.9. The van der Waals surface area contributed by atoms with E-state index < -0.39 is 0 Å². The summed E-state index contributed by atoms with van der Waals surface area (Å²) in [5.74, 6) is 1.27. The summed E-state index contributed by atoms with van der Waals surface area (Å²) >= 11 is 0. The lowest BCUT2D eigenvalue weighted by Gasteiger charge is -2.35. The van der Waals surface area contributed by atoms with Gasteiger partial charge < -0.3 is 14.6 Å². The average Bonchev–Trinajstić information content (AvgIpc) is 3.40. The van der Waals surface area contributed by atoms with Crippen LogP contribution in [0.3, 0.4) is 0 Å². The highest BCUT2D eigenvalue weighted by atomic mass is 16.5. The van der Waals surface area contributed by atoms with Crippen molar-refractivity contribution in [3.63, 3.8) is 0 Å². The van der Waals surface area contributed by atoms with E-state index in [1.807, 2.05) is 12.1 Å². The van der Waals surface area contributed by atoms with Gasteiger partial charge in [-0.25, -0.2) is 0 Å². The molecule has 0 bridgehead atoms. The lowest BCUT2D eigenvalue weighted by Crippen LogP contribution is -2.40. The molecule has 1 N–H and O–H groups in total. The summed E-state index contributed by atoms with van der Waals surface area (Å²) in [7, 11) is 1.67. The number of amides is 1. The topological polar surface area (TPSA) is 67.6 Å². The van der Waals surface area contributed by atoms with Crippen molar-refractivity contribution in [3.05, 3.63) is 70.9 Å². The van der Waals surface area contributed by atoms with Crippen molar-refractivity contribution in [1.82, 2.24) is 15.4 Å². The van der Waals surface area contributed by atoms with Gasteiger partial charge in [-0.2, -0.15) is 0 Å². The van der Waals surface area contributed by atoms with Gasteiger partial charge in [0, 0.05) is 18.2 Å². The summed E-state index contributed by atoms with van der Waals surface area (Å²) < 4.78 is 10.9. The Kier molecular flexibility index (Phi) is 6.95. The molecule has 3 aromatic rings. The lowest BCUT2D eigenvalue weighted by atomic mass is 9.90. The number of ether oxygens (including phenoxy) is 1. The monoisotopic (exact) mass is 459 g/mol. The number of aromatic nitrogens is 1. The molecule has 178 valence electrons. The first-order valence-corrected chi connectivity index (χ1v) is 12.5. The molecule has 1 unspecified atom stereocenters. The predicted octanol–water partition coefficient (Wildman–Crippen LogP) is 5.19. The Balaban J connectivity index is 1.28. The summed E-state index contributed by atoms with van der Waals surface area (Å²) in [4.78, 5) is 15.4. The molecular formula is C28H33N3O3. The largest absolute Gasteiger partial charge is 0.497 e. The Morgan fingerprint density at radius 1 is 1.00 bits per heavy atom. The summed E-state index contributed by atoms with van der Waals surface area (Å²) in [6.07, 6.45) is 8.38. The standard InChI is InChI=1S/C28H33N3O3/c1-33-24-13-11-21(12-14-24)26(31-15-5-2-6-16-31)19-29-28(32)25-18-27(34-30-25)23-10-9-20-7-3-4-8-22(20)17-23/h9-14,17-18,26H,2-8,15-16,19H2,1H3,(H,29,32). The molecule has 2 heterocycles. The van der Waals surface area contributed by atoms with Crippen molar-refractivity contribution in [2.45, 2.75) is 51.0 Å². The fraction of sp³-hybridized carbons (Fsp3) is 0.429. The molecule has 1 amide bonds. The molecular weight excluding hydrogens is 426 g/mol. The van der Waals surface area contributed by atoms with Gasteiger partial charge in [-0.05, 0) is 86.5 Å². The summed E-state index contributed by atoms with van der Waals surface area (Å²) in [6.45, 7) is 2.60. The number of hydrogen-bond donors (Lipinski definition) is 1. The molecule has 0 radical (unpaired) electrons. The maximum atomic E-state index is 13.0. The SMILES string of the molecule is COc1ccc(C(CNC(=O)c2cc(-c3ccc4c(c3)CCCC4)on2)N2CCCCC2)cc1. The molecule has 1 aliphatic heterocycles. The number of likely N-dealkylation sites (tertiary alicyclic amines) is 1. The molecule has 1 fully saturated rings. The smallest absolute Gasteiger partial charge is 0.273 e. The first kappa shape index (κ1) is 22.7. The number of rotatable bonds is 7. The number of carbonyl (C=O) groups excluding carboxylic acids is 1. The zero-order valence-electron chi connectivity index (χ0n) is 19.9. The minimum absolute atomic E-state index is 0.113. The molecule has 6 nitrogen and oxygen atoms in total. The number of piperidine rings is 1. The molecule has 5 rings (SSSR count). The average molecular weight is 460 g/mol. The second-order valence-electron chi connectivity index (χ2n) is 9.36. The highest BCUT2D eigenvalue weighted by Crippen LogP contribution is 2.29. The van der Waals surface area contributed by atoms with Crippen LogP contribution in [0.2, 0.25) is 0 Å². The molecule has 2 aromatic carbocycles. The van der Waals surface area contributed by atoms with Gasteiger partial charge in [-0.3, -0.25) is 9.69 Å². The third-order valence-electron chi connectivity index (χ3n) is 7.16.